The molecule has 0 bridgehead atoms. The van der Waals surface area contributed by atoms with Gasteiger partial charge in [-0.3, -0.25) is 9.48 Å². The molecule has 3 aromatic carbocycles. The van der Waals surface area contributed by atoms with E-state index in [4.69, 9.17) is 5.10 Å². The number of amides is 1. The monoisotopic (exact) mass is 471 g/mol. The van der Waals surface area contributed by atoms with Crippen LogP contribution in [0.4, 0.5) is 0 Å². The zero-order chi connectivity index (χ0) is 24.0. The van der Waals surface area contributed by atoms with Crippen LogP contribution in [0.25, 0.3) is 17.3 Å². The fourth-order valence-corrected chi connectivity index (χ4v) is 4.13. The van der Waals surface area contributed by atoms with Crippen molar-refractivity contribution in [2.24, 2.45) is 0 Å². The molecular weight excluding hydrogens is 446 g/mol. The molecule has 172 valence electrons. The van der Waals surface area contributed by atoms with Crippen LogP contribution in [0, 0.1) is 0 Å². The molecule has 0 unspecified atom stereocenters. The van der Waals surface area contributed by atoms with Crippen molar-refractivity contribution in [2.45, 2.75) is 18.0 Å². The molecule has 0 radical (unpaired) electrons. The van der Waals surface area contributed by atoms with Crippen molar-refractivity contribution >= 4 is 21.8 Å². The fourth-order valence-electron chi connectivity index (χ4n) is 3.50. The molecule has 34 heavy (non-hydrogen) atoms. The van der Waals surface area contributed by atoms with Crippen LogP contribution in [0.5, 0.6) is 0 Å². The Bertz CT molecular complexity index is 1390. The first-order valence-electron chi connectivity index (χ1n) is 10.8. The van der Waals surface area contributed by atoms with Crippen molar-refractivity contribution in [3.8, 4) is 11.3 Å². The second-order valence-electron chi connectivity index (χ2n) is 7.95. The van der Waals surface area contributed by atoms with Gasteiger partial charge in [-0.1, -0.05) is 72.8 Å². The molecule has 7 heteroatoms. The first-order chi connectivity index (χ1) is 16.4. The zero-order valence-corrected chi connectivity index (χ0v) is 19.6. The number of aromatic nitrogens is 2. The molecule has 4 aromatic rings. The molecule has 0 fully saturated rings. The lowest BCUT2D eigenvalue weighted by Crippen LogP contribution is -2.20. The first kappa shape index (κ1) is 23.2. The van der Waals surface area contributed by atoms with Crippen LogP contribution in [0.15, 0.2) is 102 Å². The van der Waals surface area contributed by atoms with Gasteiger partial charge in [0.15, 0.2) is 9.84 Å². The highest BCUT2D eigenvalue weighted by Crippen LogP contribution is 2.23. The second kappa shape index (κ2) is 10.3. The molecule has 1 heterocycles. The highest BCUT2D eigenvalue weighted by Gasteiger charge is 2.10. The summed E-state index contributed by atoms with van der Waals surface area (Å²) >= 11 is 0. The minimum Gasteiger partial charge on any atom is -0.348 e. The quantitative estimate of drug-likeness (QED) is 0.388. The van der Waals surface area contributed by atoms with Crippen LogP contribution in [0.2, 0.25) is 0 Å². The molecule has 0 saturated carbocycles. The summed E-state index contributed by atoms with van der Waals surface area (Å²) in [5.74, 6) is -0.248. The van der Waals surface area contributed by atoms with E-state index in [0.717, 1.165) is 27.9 Å². The number of carbonyl (C=O) groups is 1. The number of hydrogen-bond acceptors (Lipinski definition) is 4. The Morgan fingerprint density at radius 1 is 0.912 bits per heavy atom. The molecule has 0 aliphatic rings. The van der Waals surface area contributed by atoms with Gasteiger partial charge in [-0.2, -0.15) is 5.10 Å². The maximum atomic E-state index is 12.4. The van der Waals surface area contributed by atoms with E-state index in [-0.39, 0.29) is 10.8 Å². The molecule has 0 aliphatic heterocycles. The van der Waals surface area contributed by atoms with Crippen LogP contribution in [0.1, 0.15) is 16.7 Å². The summed E-state index contributed by atoms with van der Waals surface area (Å²) in [6.07, 6.45) is 6.35. The largest absolute Gasteiger partial charge is 0.348 e. The summed E-state index contributed by atoms with van der Waals surface area (Å²) in [5, 5.41) is 7.59. The molecule has 1 aromatic heterocycles. The van der Waals surface area contributed by atoms with E-state index in [9.17, 15) is 13.2 Å². The maximum Gasteiger partial charge on any atom is 0.244 e. The summed E-state index contributed by atoms with van der Waals surface area (Å²) in [6, 6.07) is 26.4. The molecular formula is C27H25N3O3S. The van der Waals surface area contributed by atoms with E-state index in [1.54, 1.807) is 30.3 Å². The van der Waals surface area contributed by atoms with Crippen LogP contribution in [-0.4, -0.2) is 30.4 Å². The SMILES string of the molecule is CS(=O)(=O)c1ccc(CNC(=O)C=Cc2cn(Cc3ccccc3)nc2-c2ccccc2)cc1. The second-order valence-corrected chi connectivity index (χ2v) is 9.97. The third-order valence-corrected chi connectivity index (χ3v) is 6.39. The Morgan fingerprint density at radius 3 is 2.21 bits per heavy atom. The third-order valence-electron chi connectivity index (χ3n) is 5.26. The van der Waals surface area contributed by atoms with Crippen molar-refractivity contribution in [1.82, 2.24) is 15.1 Å². The Kier molecular flexibility index (Phi) is 7.04. The predicted molar refractivity (Wildman–Crippen MR) is 134 cm³/mol. The minimum atomic E-state index is -3.24. The summed E-state index contributed by atoms with van der Waals surface area (Å²) < 4.78 is 25.0. The van der Waals surface area contributed by atoms with Gasteiger partial charge in [0.2, 0.25) is 5.91 Å². The first-order valence-corrected chi connectivity index (χ1v) is 12.7. The van der Waals surface area contributed by atoms with Crippen LogP contribution in [-0.2, 0) is 27.7 Å². The van der Waals surface area contributed by atoms with E-state index >= 15 is 0 Å². The topological polar surface area (TPSA) is 81.1 Å². The third kappa shape index (κ3) is 6.08. The predicted octanol–water partition coefficient (Wildman–Crippen LogP) is 4.33. The molecule has 6 nitrogen and oxygen atoms in total. The molecule has 0 atom stereocenters. The molecule has 0 saturated heterocycles. The lowest BCUT2D eigenvalue weighted by atomic mass is 10.1. The van der Waals surface area contributed by atoms with Gasteiger partial charge < -0.3 is 5.32 Å². The van der Waals surface area contributed by atoms with E-state index < -0.39 is 9.84 Å². The summed E-state index contributed by atoms with van der Waals surface area (Å²) in [6.45, 7) is 0.927. The van der Waals surface area contributed by atoms with Gasteiger partial charge in [0.05, 0.1) is 17.1 Å². The number of hydrogen-bond donors (Lipinski definition) is 1. The van der Waals surface area contributed by atoms with Gasteiger partial charge in [-0.15, -0.1) is 0 Å². The average molecular weight is 472 g/mol. The maximum absolute atomic E-state index is 12.4. The average Bonchev–Trinajstić information content (AvgIpc) is 3.25. The Hall–Kier alpha value is -3.97. The van der Waals surface area contributed by atoms with E-state index in [2.05, 4.69) is 17.4 Å². The Labute approximate surface area is 199 Å². The Morgan fingerprint density at radius 2 is 1.56 bits per heavy atom. The van der Waals surface area contributed by atoms with Gasteiger partial charge in [-0.05, 0) is 29.3 Å². The number of carbonyl (C=O) groups excluding carboxylic acids is 1. The minimum absolute atomic E-state index is 0.248. The highest BCUT2D eigenvalue weighted by atomic mass is 32.2. The van der Waals surface area contributed by atoms with Crippen LogP contribution < -0.4 is 5.32 Å². The summed E-state index contributed by atoms with van der Waals surface area (Å²) in [5.41, 5.74) is 4.57. The fraction of sp³-hybridized carbons (Fsp3) is 0.111. The van der Waals surface area contributed by atoms with Crippen molar-refractivity contribution in [3.05, 3.63) is 114 Å². The number of rotatable bonds is 8. The lowest BCUT2D eigenvalue weighted by Gasteiger charge is -2.04. The smallest absolute Gasteiger partial charge is 0.244 e. The number of nitrogens with zero attached hydrogens (tertiary/aromatic N) is 2. The summed E-state index contributed by atoms with van der Waals surface area (Å²) in [4.78, 5) is 12.7. The number of nitrogens with one attached hydrogen (secondary N) is 1. The van der Waals surface area contributed by atoms with Crippen LogP contribution >= 0.6 is 0 Å². The van der Waals surface area contributed by atoms with Gasteiger partial charge in [0.1, 0.15) is 0 Å². The van der Waals surface area contributed by atoms with Crippen molar-refractivity contribution in [1.29, 1.82) is 0 Å². The van der Waals surface area contributed by atoms with Gasteiger partial charge in [0.25, 0.3) is 0 Å². The molecule has 1 amide bonds. The molecule has 4 rings (SSSR count). The normalized spacial score (nSPS) is 11.6. The summed E-state index contributed by atoms with van der Waals surface area (Å²) in [7, 11) is -3.24. The number of sulfone groups is 1. The van der Waals surface area contributed by atoms with E-state index in [1.807, 2.05) is 59.4 Å². The lowest BCUT2D eigenvalue weighted by molar-refractivity contribution is -0.116. The van der Waals surface area contributed by atoms with Gasteiger partial charge in [-0.25, -0.2) is 8.42 Å². The molecule has 0 aliphatic carbocycles. The highest BCUT2D eigenvalue weighted by molar-refractivity contribution is 7.90. The van der Waals surface area contributed by atoms with Gasteiger partial charge >= 0.3 is 0 Å². The molecule has 1 N–H and O–H groups in total. The van der Waals surface area contributed by atoms with Crippen molar-refractivity contribution in [2.75, 3.05) is 6.26 Å². The van der Waals surface area contributed by atoms with E-state index in [0.29, 0.717) is 13.1 Å². The standard InChI is InChI=1S/C27H25N3O3S/c1-34(32,33)25-15-12-21(13-16-25)18-28-26(31)17-14-24-20-30(19-22-8-4-2-5-9-22)29-27(24)23-10-6-3-7-11-23/h2-17,20H,18-19H2,1H3,(H,28,31). The van der Waals surface area contributed by atoms with Crippen LogP contribution in [0.3, 0.4) is 0 Å². The van der Waals surface area contributed by atoms with Gasteiger partial charge in [0, 0.05) is 36.2 Å². The molecule has 0 spiro atoms. The van der Waals surface area contributed by atoms with Crippen molar-refractivity contribution < 1.29 is 13.2 Å². The van der Waals surface area contributed by atoms with E-state index in [1.165, 1.54) is 12.3 Å². The Balaban J connectivity index is 1.48. The number of benzene rings is 3. The zero-order valence-electron chi connectivity index (χ0n) is 18.8. The van der Waals surface area contributed by atoms with Crippen molar-refractivity contribution in [3.63, 3.8) is 0 Å².